The number of hydrogen-bond donors (Lipinski definition) is 2. The SMILES string of the molecule is Cc1cc(C(=O)N2CC[C@H](n3cc(C)c(=O)[nH]c3=O)[C@@](C)(O)C2)on1. The van der Waals surface area contributed by atoms with Crippen LogP contribution in [0.3, 0.4) is 0 Å². The van der Waals surface area contributed by atoms with Gasteiger partial charge in [-0.05, 0) is 27.2 Å². The van der Waals surface area contributed by atoms with E-state index in [4.69, 9.17) is 4.52 Å². The van der Waals surface area contributed by atoms with Gasteiger partial charge < -0.3 is 14.5 Å². The average molecular weight is 348 g/mol. The number of aliphatic hydroxyl groups is 1. The average Bonchev–Trinajstić information content (AvgIpc) is 2.96. The molecule has 3 rings (SSSR count). The molecule has 0 unspecified atom stereocenters. The molecule has 1 aliphatic heterocycles. The first-order valence-corrected chi connectivity index (χ1v) is 7.96. The third kappa shape index (κ3) is 3.14. The fraction of sp³-hybridized carbons (Fsp3) is 0.500. The Morgan fingerprint density at radius 3 is 2.76 bits per heavy atom. The summed E-state index contributed by atoms with van der Waals surface area (Å²) in [5.41, 5.74) is -1.40. The van der Waals surface area contributed by atoms with Crippen LogP contribution in [0.5, 0.6) is 0 Å². The molecule has 1 fully saturated rings. The normalized spacial score (nSPS) is 23.7. The van der Waals surface area contributed by atoms with E-state index in [2.05, 4.69) is 10.1 Å². The third-order valence-corrected chi connectivity index (χ3v) is 4.51. The fourth-order valence-corrected chi connectivity index (χ4v) is 3.21. The first-order chi connectivity index (χ1) is 11.7. The molecule has 2 aromatic rings. The summed E-state index contributed by atoms with van der Waals surface area (Å²) in [5, 5.41) is 14.5. The maximum Gasteiger partial charge on any atom is 0.328 e. The van der Waals surface area contributed by atoms with E-state index in [9.17, 15) is 19.5 Å². The standard InChI is InChI=1S/C16H20N4O5/c1-9-7-20(15(23)17-13(9)21)12-4-5-19(8-16(12,3)24)14(22)11-6-10(2)18-25-11/h6-7,12,24H,4-5,8H2,1-3H3,(H,17,21,23)/t12-,16-/m0/s1. The van der Waals surface area contributed by atoms with Crippen LogP contribution in [0.15, 0.2) is 26.4 Å². The van der Waals surface area contributed by atoms with E-state index >= 15 is 0 Å². The lowest BCUT2D eigenvalue weighted by molar-refractivity contribution is -0.0511. The Morgan fingerprint density at radius 1 is 1.44 bits per heavy atom. The molecule has 9 heteroatoms. The van der Waals surface area contributed by atoms with Crippen molar-refractivity contribution in [2.45, 2.75) is 38.8 Å². The molecule has 0 aliphatic carbocycles. The highest BCUT2D eigenvalue weighted by atomic mass is 16.5. The van der Waals surface area contributed by atoms with Gasteiger partial charge in [-0.3, -0.25) is 19.1 Å². The molecule has 9 nitrogen and oxygen atoms in total. The Hall–Kier alpha value is -2.68. The highest BCUT2D eigenvalue weighted by Crippen LogP contribution is 2.31. The summed E-state index contributed by atoms with van der Waals surface area (Å²) in [6, 6.07) is 0.981. The number of carbonyl (C=O) groups excluding carboxylic acids is 1. The van der Waals surface area contributed by atoms with Crippen molar-refractivity contribution in [2.75, 3.05) is 13.1 Å². The van der Waals surface area contributed by atoms with Crippen molar-refractivity contribution in [1.29, 1.82) is 0 Å². The van der Waals surface area contributed by atoms with Crippen molar-refractivity contribution in [3.8, 4) is 0 Å². The Bertz CT molecular complexity index is 923. The summed E-state index contributed by atoms with van der Waals surface area (Å²) in [7, 11) is 0. The second-order valence-electron chi connectivity index (χ2n) is 6.70. The van der Waals surface area contributed by atoms with E-state index in [1.165, 1.54) is 15.7 Å². The van der Waals surface area contributed by atoms with Crippen molar-refractivity contribution in [1.82, 2.24) is 19.6 Å². The molecule has 2 atom stereocenters. The van der Waals surface area contributed by atoms with Crippen molar-refractivity contribution in [2.24, 2.45) is 0 Å². The molecule has 2 aromatic heterocycles. The van der Waals surface area contributed by atoms with Crippen molar-refractivity contribution < 1.29 is 14.4 Å². The fourth-order valence-electron chi connectivity index (χ4n) is 3.21. The molecule has 2 N–H and O–H groups in total. The van der Waals surface area contributed by atoms with Gasteiger partial charge in [0.05, 0.1) is 18.3 Å². The number of β-amino-alcohol motifs (C(OH)–C–C–N with tert-alkyl or cyclic N) is 1. The topological polar surface area (TPSA) is 121 Å². The number of hydrogen-bond acceptors (Lipinski definition) is 6. The van der Waals surface area contributed by atoms with Gasteiger partial charge in [-0.25, -0.2) is 4.79 Å². The molecule has 1 amide bonds. The van der Waals surface area contributed by atoms with Gasteiger partial charge in [0.1, 0.15) is 5.60 Å². The number of nitrogens with one attached hydrogen (secondary N) is 1. The summed E-state index contributed by atoms with van der Waals surface area (Å²) in [4.78, 5) is 39.8. The summed E-state index contributed by atoms with van der Waals surface area (Å²) in [6.45, 7) is 5.24. The molecule has 1 saturated heterocycles. The maximum atomic E-state index is 12.5. The second kappa shape index (κ2) is 5.99. The van der Waals surface area contributed by atoms with Gasteiger partial charge in [-0.15, -0.1) is 0 Å². The molecule has 3 heterocycles. The van der Waals surface area contributed by atoms with Gasteiger partial charge in [-0.1, -0.05) is 5.16 Å². The van der Waals surface area contributed by atoms with Crippen molar-refractivity contribution >= 4 is 5.91 Å². The molecular formula is C16H20N4O5. The largest absolute Gasteiger partial charge is 0.386 e. The van der Waals surface area contributed by atoms with Crippen LogP contribution >= 0.6 is 0 Å². The number of aromatic amines is 1. The Kier molecular flexibility index (Phi) is 4.11. The zero-order valence-corrected chi connectivity index (χ0v) is 14.3. The van der Waals surface area contributed by atoms with Gasteiger partial charge in [0.15, 0.2) is 0 Å². The van der Waals surface area contributed by atoms with Gasteiger partial charge in [0.2, 0.25) is 5.76 Å². The molecule has 0 aromatic carbocycles. The number of aromatic nitrogens is 3. The molecule has 0 saturated carbocycles. The molecule has 0 radical (unpaired) electrons. The molecular weight excluding hydrogens is 328 g/mol. The summed E-state index contributed by atoms with van der Waals surface area (Å²) < 4.78 is 6.32. The minimum atomic E-state index is -1.35. The van der Waals surface area contributed by atoms with Gasteiger partial charge in [0.25, 0.3) is 11.5 Å². The van der Waals surface area contributed by atoms with Gasteiger partial charge >= 0.3 is 5.69 Å². The number of aryl methyl sites for hydroxylation is 2. The molecule has 134 valence electrons. The monoisotopic (exact) mass is 348 g/mol. The van der Waals surface area contributed by atoms with E-state index in [0.29, 0.717) is 24.2 Å². The van der Waals surface area contributed by atoms with Gasteiger partial charge in [0, 0.05) is 24.4 Å². The molecule has 25 heavy (non-hydrogen) atoms. The van der Waals surface area contributed by atoms with Crippen LogP contribution in [-0.2, 0) is 0 Å². The highest BCUT2D eigenvalue weighted by molar-refractivity contribution is 5.91. The summed E-state index contributed by atoms with van der Waals surface area (Å²) in [5.74, 6) is -0.242. The van der Waals surface area contributed by atoms with Crippen LogP contribution in [0.2, 0.25) is 0 Å². The van der Waals surface area contributed by atoms with Gasteiger partial charge in [-0.2, -0.15) is 0 Å². The number of amides is 1. The molecule has 0 bridgehead atoms. The minimum Gasteiger partial charge on any atom is -0.386 e. The predicted molar refractivity (Wildman–Crippen MR) is 87.5 cm³/mol. The number of rotatable bonds is 2. The predicted octanol–water partition coefficient (Wildman–Crippen LogP) is -0.0204. The lowest BCUT2D eigenvalue weighted by atomic mass is 9.88. The van der Waals surface area contributed by atoms with Crippen LogP contribution in [0.4, 0.5) is 0 Å². The van der Waals surface area contributed by atoms with E-state index in [0.717, 1.165) is 0 Å². The van der Waals surface area contributed by atoms with E-state index < -0.39 is 22.9 Å². The van der Waals surface area contributed by atoms with E-state index in [1.54, 1.807) is 26.8 Å². The van der Waals surface area contributed by atoms with Crippen LogP contribution in [0.25, 0.3) is 0 Å². The number of piperidine rings is 1. The first-order valence-electron chi connectivity index (χ1n) is 7.96. The lowest BCUT2D eigenvalue weighted by Gasteiger charge is -2.43. The molecule has 1 aliphatic rings. The highest BCUT2D eigenvalue weighted by Gasteiger charge is 2.42. The Labute approximate surface area is 142 Å². The number of carbonyl (C=O) groups is 1. The zero-order chi connectivity index (χ0) is 18.4. The van der Waals surface area contributed by atoms with Crippen molar-refractivity contribution in [3.63, 3.8) is 0 Å². The number of H-pyrrole nitrogens is 1. The first kappa shape index (κ1) is 17.2. The summed E-state index contributed by atoms with van der Waals surface area (Å²) in [6.07, 6.45) is 1.80. The number of nitrogens with zero attached hydrogens (tertiary/aromatic N) is 3. The minimum absolute atomic E-state index is 0.0286. The molecule has 0 spiro atoms. The summed E-state index contributed by atoms with van der Waals surface area (Å²) >= 11 is 0. The van der Waals surface area contributed by atoms with Crippen molar-refractivity contribution in [3.05, 3.63) is 50.1 Å². The second-order valence-corrected chi connectivity index (χ2v) is 6.70. The zero-order valence-electron chi connectivity index (χ0n) is 14.3. The maximum absolute atomic E-state index is 12.5. The number of likely N-dealkylation sites (tertiary alicyclic amines) is 1. The lowest BCUT2D eigenvalue weighted by Crippen LogP contribution is -2.56. The Morgan fingerprint density at radius 2 is 2.16 bits per heavy atom. The van der Waals surface area contributed by atoms with Crippen LogP contribution in [0.1, 0.15) is 41.2 Å². The van der Waals surface area contributed by atoms with E-state index in [1.807, 2.05) is 0 Å². The van der Waals surface area contributed by atoms with Crippen LogP contribution in [0, 0.1) is 13.8 Å². The quantitative estimate of drug-likeness (QED) is 0.787. The van der Waals surface area contributed by atoms with Crippen LogP contribution < -0.4 is 11.2 Å². The van der Waals surface area contributed by atoms with E-state index in [-0.39, 0.29) is 18.2 Å². The Balaban J connectivity index is 1.86. The smallest absolute Gasteiger partial charge is 0.328 e. The van der Waals surface area contributed by atoms with Crippen LogP contribution in [-0.4, -0.2) is 49.3 Å². The third-order valence-electron chi connectivity index (χ3n) is 4.51.